The van der Waals surface area contributed by atoms with Crippen molar-refractivity contribution in [1.82, 2.24) is 0 Å². The summed E-state index contributed by atoms with van der Waals surface area (Å²) in [4.78, 5) is 12.0. The minimum Gasteiger partial charge on any atom is -0.459 e. The fourth-order valence-corrected chi connectivity index (χ4v) is 2.30. The van der Waals surface area contributed by atoms with Gasteiger partial charge in [0, 0.05) is 11.3 Å². The first kappa shape index (κ1) is 14.6. The van der Waals surface area contributed by atoms with Crippen molar-refractivity contribution in [2.24, 2.45) is 0 Å². The summed E-state index contributed by atoms with van der Waals surface area (Å²) < 4.78 is 11.2. The first-order valence-electron chi connectivity index (χ1n) is 6.52. The molecule has 1 aromatic carbocycles. The van der Waals surface area contributed by atoms with Crippen molar-refractivity contribution in [3.63, 3.8) is 0 Å². The number of amides is 1. The molecule has 3 aromatic rings. The fourth-order valence-electron chi connectivity index (χ4n) is 2.00. The topological polar surface area (TPSA) is 75.6 Å². The lowest BCUT2D eigenvalue weighted by Crippen LogP contribution is -2.10. The van der Waals surface area contributed by atoms with Crippen LogP contribution in [0.25, 0.3) is 11.3 Å². The van der Waals surface area contributed by atoms with E-state index in [2.05, 4.69) is 21.2 Å². The van der Waals surface area contributed by atoms with Gasteiger partial charge in [-0.25, -0.2) is 0 Å². The highest BCUT2D eigenvalue weighted by Crippen LogP contribution is 2.25. The Kier molecular flexibility index (Phi) is 4.13. The quantitative estimate of drug-likeness (QED) is 0.734. The highest BCUT2D eigenvalue weighted by molar-refractivity contribution is 9.10. The first-order valence-corrected chi connectivity index (χ1v) is 7.32. The third-order valence-corrected chi connectivity index (χ3v) is 3.45. The fraction of sp³-hybridized carbons (Fsp3) is 0.0625. The van der Waals surface area contributed by atoms with Gasteiger partial charge in [-0.05, 0) is 52.3 Å². The van der Waals surface area contributed by atoms with E-state index in [1.54, 1.807) is 36.4 Å². The maximum atomic E-state index is 12.0. The van der Waals surface area contributed by atoms with Gasteiger partial charge in [-0.1, -0.05) is 12.1 Å². The van der Waals surface area contributed by atoms with Crippen LogP contribution < -0.4 is 5.32 Å². The molecule has 0 saturated heterocycles. The number of aliphatic hydroxyl groups excluding tert-OH is 1. The van der Waals surface area contributed by atoms with E-state index in [0.717, 1.165) is 5.56 Å². The molecule has 2 aromatic heterocycles. The number of aliphatic hydroxyl groups is 1. The molecule has 0 bridgehead atoms. The zero-order valence-corrected chi connectivity index (χ0v) is 13.0. The van der Waals surface area contributed by atoms with Crippen LogP contribution in [0.3, 0.4) is 0 Å². The lowest BCUT2D eigenvalue weighted by molar-refractivity contribution is 0.0995. The molecule has 0 radical (unpaired) electrons. The number of furan rings is 2. The van der Waals surface area contributed by atoms with Gasteiger partial charge in [-0.15, -0.1) is 0 Å². The van der Waals surface area contributed by atoms with Gasteiger partial charge in [0.05, 0.1) is 0 Å². The van der Waals surface area contributed by atoms with Crippen LogP contribution >= 0.6 is 15.9 Å². The van der Waals surface area contributed by atoms with E-state index < -0.39 is 0 Å². The zero-order valence-electron chi connectivity index (χ0n) is 11.4. The van der Waals surface area contributed by atoms with Crippen LogP contribution in [0.2, 0.25) is 0 Å². The van der Waals surface area contributed by atoms with E-state index in [9.17, 15) is 4.79 Å². The Morgan fingerprint density at radius 3 is 2.68 bits per heavy atom. The van der Waals surface area contributed by atoms with E-state index in [0.29, 0.717) is 21.9 Å². The first-order chi connectivity index (χ1) is 10.7. The summed E-state index contributed by atoms with van der Waals surface area (Å²) in [5, 5.41) is 11.8. The third-order valence-electron chi connectivity index (χ3n) is 3.02. The monoisotopic (exact) mass is 361 g/mol. The summed E-state index contributed by atoms with van der Waals surface area (Å²) in [7, 11) is 0. The Bertz CT molecular complexity index is 806. The number of nitrogens with one attached hydrogen (secondary N) is 1. The van der Waals surface area contributed by atoms with E-state index >= 15 is 0 Å². The highest BCUT2D eigenvalue weighted by Gasteiger charge is 2.11. The normalized spacial score (nSPS) is 10.6. The standard InChI is InChI=1S/C16H12BrNO4/c17-15-7-6-14(22-15)16(20)18-11-3-1-2-10(8-11)13-5-4-12(9-19)21-13/h1-8,19H,9H2,(H,18,20). The second-order valence-corrected chi connectivity index (χ2v) is 5.34. The molecular formula is C16H12BrNO4. The van der Waals surface area contributed by atoms with Gasteiger partial charge in [0.1, 0.15) is 18.1 Å². The predicted molar refractivity (Wildman–Crippen MR) is 84.4 cm³/mol. The minimum atomic E-state index is -0.335. The molecule has 0 aliphatic heterocycles. The molecule has 3 rings (SSSR count). The van der Waals surface area contributed by atoms with Crippen LogP contribution in [0.4, 0.5) is 5.69 Å². The molecule has 0 saturated carbocycles. The number of carbonyl (C=O) groups is 1. The Morgan fingerprint density at radius 1 is 1.14 bits per heavy atom. The molecule has 22 heavy (non-hydrogen) atoms. The van der Waals surface area contributed by atoms with Gasteiger partial charge in [-0.2, -0.15) is 0 Å². The summed E-state index contributed by atoms with van der Waals surface area (Å²) in [5.41, 5.74) is 1.43. The van der Waals surface area contributed by atoms with Gasteiger partial charge in [0.15, 0.2) is 10.4 Å². The molecule has 112 valence electrons. The van der Waals surface area contributed by atoms with Gasteiger partial charge in [0.2, 0.25) is 0 Å². The summed E-state index contributed by atoms with van der Waals surface area (Å²) in [6, 6.07) is 14.0. The van der Waals surface area contributed by atoms with E-state index in [4.69, 9.17) is 13.9 Å². The number of halogens is 1. The number of hydrogen-bond donors (Lipinski definition) is 2. The van der Waals surface area contributed by atoms with Crippen LogP contribution in [-0.4, -0.2) is 11.0 Å². The summed E-state index contributed by atoms with van der Waals surface area (Å²) in [6.45, 7) is -0.149. The molecule has 0 atom stereocenters. The van der Waals surface area contributed by atoms with Crippen molar-refractivity contribution in [3.05, 3.63) is 64.7 Å². The summed E-state index contributed by atoms with van der Waals surface area (Å²) >= 11 is 3.16. The summed E-state index contributed by atoms with van der Waals surface area (Å²) in [6.07, 6.45) is 0. The lowest BCUT2D eigenvalue weighted by Gasteiger charge is -2.05. The molecule has 2 heterocycles. The summed E-state index contributed by atoms with van der Waals surface area (Å²) in [5.74, 6) is 1.00. The number of benzene rings is 1. The average molecular weight is 362 g/mol. The van der Waals surface area contributed by atoms with Crippen LogP contribution in [0, 0.1) is 0 Å². The lowest BCUT2D eigenvalue weighted by atomic mass is 10.1. The van der Waals surface area contributed by atoms with Gasteiger partial charge >= 0.3 is 0 Å². The Hall–Kier alpha value is -2.31. The van der Waals surface area contributed by atoms with Gasteiger partial charge in [-0.3, -0.25) is 4.79 Å². The highest BCUT2D eigenvalue weighted by atomic mass is 79.9. The van der Waals surface area contributed by atoms with Gasteiger partial charge in [0.25, 0.3) is 5.91 Å². The third kappa shape index (κ3) is 3.13. The number of rotatable bonds is 4. The van der Waals surface area contributed by atoms with Crippen molar-refractivity contribution in [3.8, 4) is 11.3 Å². The Labute approximate surface area is 134 Å². The second-order valence-electron chi connectivity index (χ2n) is 4.56. The predicted octanol–water partition coefficient (Wildman–Crippen LogP) is 4.05. The van der Waals surface area contributed by atoms with Crippen LogP contribution in [0.5, 0.6) is 0 Å². The molecule has 2 N–H and O–H groups in total. The maximum absolute atomic E-state index is 12.0. The van der Waals surface area contributed by atoms with Crippen LogP contribution in [-0.2, 0) is 6.61 Å². The smallest absolute Gasteiger partial charge is 0.291 e. The molecule has 0 fully saturated rings. The molecule has 0 aliphatic carbocycles. The number of carbonyl (C=O) groups excluding carboxylic acids is 1. The second kappa shape index (κ2) is 6.21. The average Bonchev–Trinajstić information content (AvgIpc) is 3.16. The van der Waals surface area contributed by atoms with E-state index in [1.165, 1.54) is 0 Å². The molecule has 0 aliphatic rings. The van der Waals surface area contributed by atoms with Crippen LogP contribution in [0.15, 0.2) is 62.0 Å². The van der Waals surface area contributed by atoms with Crippen LogP contribution in [0.1, 0.15) is 16.3 Å². The van der Waals surface area contributed by atoms with Crippen molar-refractivity contribution in [2.45, 2.75) is 6.61 Å². The maximum Gasteiger partial charge on any atom is 0.291 e. The largest absolute Gasteiger partial charge is 0.459 e. The number of hydrogen-bond acceptors (Lipinski definition) is 4. The number of anilines is 1. The molecule has 5 nitrogen and oxygen atoms in total. The van der Waals surface area contributed by atoms with Gasteiger partial charge < -0.3 is 19.3 Å². The Balaban J connectivity index is 1.80. The minimum absolute atomic E-state index is 0.149. The zero-order chi connectivity index (χ0) is 15.5. The Morgan fingerprint density at radius 2 is 2.00 bits per heavy atom. The molecule has 0 spiro atoms. The molecular weight excluding hydrogens is 350 g/mol. The van der Waals surface area contributed by atoms with Crippen molar-refractivity contribution in [1.29, 1.82) is 0 Å². The molecule has 1 amide bonds. The SMILES string of the molecule is O=C(Nc1cccc(-c2ccc(CO)o2)c1)c1ccc(Br)o1. The molecule has 0 unspecified atom stereocenters. The molecule has 6 heteroatoms. The van der Waals surface area contributed by atoms with Crippen molar-refractivity contribution >= 4 is 27.5 Å². The van der Waals surface area contributed by atoms with E-state index in [-0.39, 0.29) is 18.3 Å². The van der Waals surface area contributed by atoms with Crippen molar-refractivity contribution in [2.75, 3.05) is 5.32 Å². The van der Waals surface area contributed by atoms with E-state index in [1.807, 2.05) is 12.1 Å². The van der Waals surface area contributed by atoms with Crippen molar-refractivity contribution < 1.29 is 18.7 Å².